The van der Waals surface area contributed by atoms with Crippen LogP contribution in [0.3, 0.4) is 0 Å². The molecule has 1 N–H and O–H groups in total. The van der Waals surface area contributed by atoms with Gasteiger partial charge >= 0.3 is 5.97 Å². The van der Waals surface area contributed by atoms with Crippen molar-refractivity contribution in [1.29, 1.82) is 5.26 Å². The highest BCUT2D eigenvalue weighted by molar-refractivity contribution is 5.95. The Hall–Kier alpha value is -4.51. The van der Waals surface area contributed by atoms with Crippen molar-refractivity contribution < 1.29 is 23.8 Å². The van der Waals surface area contributed by atoms with E-state index in [-0.39, 0.29) is 6.79 Å². The van der Waals surface area contributed by atoms with Gasteiger partial charge in [-0.3, -0.25) is 9.36 Å². The lowest BCUT2D eigenvalue weighted by Gasteiger charge is -2.13. The van der Waals surface area contributed by atoms with Crippen molar-refractivity contribution in [3.8, 4) is 23.3 Å². The number of anilines is 1. The molecule has 0 spiro atoms. The average Bonchev–Trinajstić information content (AvgIpc) is 3.38. The van der Waals surface area contributed by atoms with E-state index in [2.05, 4.69) is 11.4 Å². The van der Waals surface area contributed by atoms with Gasteiger partial charge < -0.3 is 19.5 Å². The highest BCUT2D eigenvalue weighted by Gasteiger charge is 2.21. The van der Waals surface area contributed by atoms with E-state index in [4.69, 9.17) is 14.2 Å². The van der Waals surface area contributed by atoms with Crippen molar-refractivity contribution in [3.63, 3.8) is 0 Å². The topological polar surface area (TPSA) is 103 Å². The smallest absolute Gasteiger partial charge is 0.331 e. The van der Waals surface area contributed by atoms with Gasteiger partial charge in [0, 0.05) is 17.5 Å². The predicted octanol–water partition coefficient (Wildman–Crippen LogP) is 3.89. The van der Waals surface area contributed by atoms with Crippen LogP contribution in [0.4, 0.5) is 5.82 Å². The molecule has 0 fully saturated rings. The number of ether oxygens (including phenoxy) is 3. The van der Waals surface area contributed by atoms with Crippen LogP contribution in [-0.4, -0.2) is 29.8 Å². The number of nitrogens with zero attached hydrogens (tertiary/aromatic N) is 2. The van der Waals surface area contributed by atoms with E-state index in [9.17, 15) is 14.9 Å². The minimum absolute atomic E-state index is 0.167. The first-order valence-corrected chi connectivity index (χ1v) is 10.2. The lowest BCUT2D eigenvalue weighted by Crippen LogP contribution is -2.22. The molecule has 8 nitrogen and oxygen atoms in total. The Morgan fingerprint density at radius 2 is 1.91 bits per heavy atom. The van der Waals surface area contributed by atoms with Gasteiger partial charge in [0.2, 0.25) is 6.79 Å². The van der Waals surface area contributed by atoms with E-state index in [1.54, 1.807) is 28.8 Å². The van der Waals surface area contributed by atoms with Gasteiger partial charge in [-0.1, -0.05) is 24.3 Å². The highest BCUT2D eigenvalue weighted by atomic mass is 16.7. The molecule has 0 saturated heterocycles. The molecule has 2 heterocycles. The van der Waals surface area contributed by atoms with Crippen LogP contribution in [0.15, 0.2) is 54.6 Å². The zero-order valence-electron chi connectivity index (χ0n) is 18.1. The molecule has 8 heteroatoms. The lowest BCUT2D eigenvalue weighted by molar-refractivity contribution is -0.142. The fraction of sp³-hybridized carbons (Fsp3) is 0.160. The number of benzene rings is 2. The van der Waals surface area contributed by atoms with Crippen LogP contribution in [0.5, 0.6) is 11.5 Å². The summed E-state index contributed by atoms with van der Waals surface area (Å²) in [6.45, 7) is 3.37. The van der Waals surface area contributed by atoms with Crippen LogP contribution < -0.4 is 14.8 Å². The first kappa shape index (κ1) is 21.7. The zero-order chi connectivity index (χ0) is 23.4. The second kappa shape index (κ2) is 9.32. The van der Waals surface area contributed by atoms with Crippen LogP contribution in [0.2, 0.25) is 0 Å². The summed E-state index contributed by atoms with van der Waals surface area (Å²) >= 11 is 0. The second-order valence-corrected chi connectivity index (χ2v) is 7.32. The van der Waals surface area contributed by atoms with Crippen molar-refractivity contribution in [1.82, 2.24) is 4.57 Å². The van der Waals surface area contributed by atoms with Gasteiger partial charge in [-0.15, -0.1) is 0 Å². The maximum atomic E-state index is 12.5. The van der Waals surface area contributed by atoms with Crippen LogP contribution in [0.25, 0.3) is 11.8 Å². The molecule has 0 aliphatic carbocycles. The van der Waals surface area contributed by atoms with Gasteiger partial charge in [-0.05, 0) is 55.3 Å². The van der Waals surface area contributed by atoms with E-state index in [0.29, 0.717) is 22.9 Å². The van der Waals surface area contributed by atoms with Crippen molar-refractivity contribution in [2.75, 3.05) is 18.7 Å². The zero-order valence-corrected chi connectivity index (χ0v) is 18.1. The molecule has 1 amide bonds. The summed E-state index contributed by atoms with van der Waals surface area (Å²) in [6.07, 6.45) is 2.79. The number of hydrogen-bond acceptors (Lipinski definition) is 6. The highest BCUT2D eigenvalue weighted by Crippen LogP contribution is 2.33. The number of carbonyl (C=O) groups is 2. The molecule has 2 aromatic carbocycles. The molecule has 3 aromatic rings. The maximum absolute atomic E-state index is 12.5. The quantitative estimate of drug-likeness (QED) is 0.458. The summed E-state index contributed by atoms with van der Waals surface area (Å²) in [5.41, 5.74) is 3.49. The summed E-state index contributed by atoms with van der Waals surface area (Å²) in [4.78, 5) is 24.6. The Morgan fingerprint density at radius 3 is 2.67 bits per heavy atom. The SMILES string of the molecule is Cc1c(C#N)c(NC(=O)COC(=O)/C=C/c2ccc3c(c2)OCO3)n(-c2ccccc2)c1C. The monoisotopic (exact) mass is 443 g/mol. The summed E-state index contributed by atoms with van der Waals surface area (Å²) in [5, 5.41) is 12.3. The number of nitriles is 1. The Balaban J connectivity index is 1.42. The molecular formula is C25H21N3O5. The van der Waals surface area contributed by atoms with Crippen LogP contribution >= 0.6 is 0 Å². The Labute approximate surface area is 190 Å². The van der Waals surface area contributed by atoms with Crippen molar-refractivity contribution in [2.45, 2.75) is 13.8 Å². The Kier molecular flexibility index (Phi) is 6.13. The van der Waals surface area contributed by atoms with Crippen LogP contribution in [-0.2, 0) is 14.3 Å². The number of carbonyl (C=O) groups excluding carboxylic acids is 2. The minimum atomic E-state index is -0.672. The first-order chi connectivity index (χ1) is 16.0. The third kappa shape index (κ3) is 4.57. The summed E-state index contributed by atoms with van der Waals surface area (Å²) in [7, 11) is 0. The van der Waals surface area contributed by atoms with Crippen LogP contribution in [0, 0.1) is 25.2 Å². The Bertz CT molecular complexity index is 1290. The van der Waals surface area contributed by atoms with Gasteiger partial charge in [0.15, 0.2) is 18.1 Å². The molecule has 1 aromatic heterocycles. The average molecular weight is 443 g/mol. The number of hydrogen-bond donors (Lipinski definition) is 1. The van der Waals surface area contributed by atoms with E-state index in [0.717, 1.165) is 22.5 Å². The lowest BCUT2D eigenvalue weighted by atomic mass is 10.2. The molecule has 1 aliphatic heterocycles. The molecule has 0 atom stereocenters. The van der Waals surface area contributed by atoms with Gasteiger partial charge in [-0.2, -0.15) is 5.26 Å². The molecule has 0 radical (unpaired) electrons. The Morgan fingerprint density at radius 1 is 1.15 bits per heavy atom. The minimum Gasteiger partial charge on any atom is -0.454 e. The number of esters is 1. The fourth-order valence-corrected chi connectivity index (χ4v) is 3.49. The number of nitrogens with one attached hydrogen (secondary N) is 1. The van der Waals surface area contributed by atoms with Gasteiger partial charge in [0.05, 0.1) is 5.56 Å². The first-order valence-electron chi connectivity index (χ1n) is 10.2. The molecule has 0 unspecified atom stereocenters. The van der Waals surface area contributed by atoms with E-state index < -0.39 is 18.5 Å². The number of amides is 1. The van der Waals surface area contributed by atoms with Crippen molar-refractivity contribution in [2.24, 2.45) is 0 Å². The molecule has 0 saturated carbocycles. The summed E-state index contributed by atoms with van der Waals surface area (Å²) in [6, 6.07) is 16.8. The number of para-hydroxylation sites is 1. The molecule has 4 rings (SSSR count). The molecule has 1 aliphatic rings. The summed E-state index contributed by atoms with van der Waals surface area (Å²) < 4.78 is 17.4. The molecule has 33 heavy (non-hydrogen) atoms. The van der Waals surface area contributed by atoms with Crippen molar-refractivity contribution >= 4 is 23.8 Å². The normalized spacial score (nSPS) is 11.9. The standard InChI is InChI=1S/C25H21N3O5/c1-16-17(2)28(19-6-4-3-5-7-19)25(20(16)13-26)27-23(29)14-31-24(30)11-9-18-8-10-21-22(12-18)33-15-32-21/h3-12H,14-15H2,1-2H3,(H,27,29)/b11-9+. The second-order valence-electron chi connectivity index (χ2n) is 7.32. The van der Waals surface area contributed by atoms with Crippen molar-refractivity contribution in [3.05, 3.63) is 77.0 Å². The molecule has 166 valence electrons. The maximum Gasteiger partial charge on any atom is 0.331 e. The number of rotatable bonds is 6. The molecular weight excluding hydrogens is 422 g/mol. The third-order valence-electron chi connectivity index (χ3n) is 5.25. The van der Waals surface area contributed by atoms with Gasteiger partial charge in [0.1, 0.15) is 11.9 Å². The number of aromatic nitrogens is 1. The predicted molar refractivity (Wildman–Crippen MR) is 121 cm³/mol. The summed E-state index contributed by atoms with van der Waals surface area (Å²) in [5.74, 6) is 0.370. The largest absolute Gasteiger partial charge is 0.454 e. The number of fused-ring (bicyclic) bond motifs is 1. The van der Waals surface area contributed by atoms with E-state index in [1.165, 1.54) is 6.08 Å². The van der Waals surface area contributed by atoms with Gasteiger partial charge in [0.25, 0.3) is 5.91 Å². The third-order valence-corrected chi connectivity index (χ3v) is 5.25. The van der Waals surface area contributed by atoms with E-state index >= 15 is 0 Å². The van der Waals surface area contributed by atoms with Gasteiger partial charge in [-0.25, -0.2) is 4.79 Å². The molecule has 0 bridgehead atoms. The fourth-order valence-electron chi connectivity index (χ4n) is 3.49. The van der Waals surface area contributed by atoms with Crippen LogP contribution in [0.1, 0.15) is 22.4 Å². The van der Waals surface area contributed by atoms with E-state index in [1.807, 2.05) is 44.2 Å².